The minimum Gasteiger partial charge on any atom is -0.398 e. The molecule has 3 heteroatoms. The van der Waals surface area contributed by atoms with Gasteiger partial charge in [0.05, 0.1) is 0 Å². The van der Waals surface area contributed by atoms with E-state index in [4.69, 9.17) is 5.73 Å². The zero-order chi connectivity index (χ0) is 12.3. The summed E-state index contributed by atoms with van der Waals surface area (Å²) in [6.07, 6.45) is 3.50. The molecule has 0 amide bonds. The van der Waals surface area contributed by atoms with E-state index in [0.717, 1.165) is 24.4 Å². The maximum atomic E-state index is 12.9. The van der Waals surface area contributed by atoms with Gasteiger partial charge in [-0.2, -0.15) is 0 Å². The minimum atomic E-state index is -0.252. The van der Waals surface area contributed by atoms with Gasteiger partial charge in [-0.05, 0) is 56.0 Å². The Morgan fingerprint density at radius 1 is 1.35 bits per heavy atom. The Kier molecular flexibility index (Phi) is 4.00. The summed E-state index contributed by atoms with van der Waals surface area (Å²) in [5, 5.41) is 0. The molecular formula is C14H21FN2. The van der Waals surface area contributed by atoms with Crippen LogP contribution in [0.25, 0.3) is 0 Å². The standard InChI is InChI=1S/C14H21FN2/c1-11-4-7-17(8-5-11)9-6-12-2-3-13(15)10-14(12)16/h2-3,10-11H,4-9,16H2,1H3. The van der Waals surface area contributed by atoms with Crippen molar-refractivity contribution < 1.29 is 4.39 Å². The van der Waals surface area contributed by atoms with Gasteiger partial charge in [-0.15, -0.1) is 0 Å². The molecule has 1 fully saturated rings. The van der Waals surface area contributed by atoms with Crippen LogP contribution in [0.3, 0.4) is 0 Å². The topological polar surface area (TPSA) is 29.3 Å². The molecule has 0 bridgehead atoms. The lowest BCUT2D eigenvalue weighted by Crippen LogP contribution is -2.34. The lowest BCUT2D eigenvalue weighted by atomic mass is 9.99. The van der Waals surface area contributed by atoms with Crippen molar-refractivity contribution >= 4 is 5.69 Å². The molecule has 0 aromatic heterocycles. The third kappa shape index (κ3) is 3.43. The predicted octanol–water partition coefficient (Wildman–Crippen LogP) is 2.68. The number of hydrogen-bond acceptors (Lipinski definition) is 2. The second kappa shape index (κ2) is 5.50. The summed E-state index contributed by atoms with van der Waals surface area (Å²) in [6.45, 7) is 5.71. The number of benzene rings is 1. The summed E-state index contributed by atoms with van der Waals surface area (Å²) in [5.74, 6) is 0.611. The molecule has 0 saturated carbocycles. The molecule has 1 aromatic carbocycles. The van der Waals surface area contributed by atoms with Crippen molar-refractivity contribution in [2.45, 2.75) is 26.2 Å². The molecular weight excluding hydrogens is 215 g/mol. The van der Waals surface area contributed by atoms with Crippen molar-refractivity contribution in [3.8, 4) is 0 Å². The normalized spacial score (nSPS) is 18.5. The average molecular weight is 236 g/mol. The van der Waals surface area contributed by atoms with Crippen LogP contribution in [-0.4, -0.2) is 24.5 Å². The van der Waals surface area contributed by atoms with Gasteiger partial charge in [0.1, 0.15) is 5.82 Å². The van der Waals surface area contributed by atoms with E-state index < -0.39 is 0 Å². The summed E-state index contributed by atoms with van der Waals surface area (Å²) in [6, 6.07) is 4.70. The Morgan fingerprint density at radius 2 is 2.06 bits per heavy atom. The molecule has 0 aliphatic carbocycles. The number of piperidine rings is 1. The van der Waals surface area contributed by atoms with Crippen molar-refractivity contribution in [3.63, 3.8) is 0 Å². The molecule has 1 aliphatic heterocycles. The number of rotatable bonds is 3. The Hall–Kier alpha value is -1.09. The van der Waals surface area contributed by atoms with Crippen molar-refractivity contribution in [1.29, 1.82) is 0 Å². The first-order chi connectivity index (χ1) is 8.15. The fraction of sp³-hybridized carbons (Fsp3) is 0.571. The van der Waals surface area contributed by atoms with E-state index in [0.29, 0.717) is 5.69 Å². The van der Waals surface area contributed by atoms with Crippen LogP contribution >= 0.6 is 0 Å². The van der Waals surface area contributed by atoms with Crippen LogP contribution in [-0.2, 0) is 6.42 Å². The van der Waals surface area contributed by atoms with Crippen LogP contribution < -0.4 is 5.73 Å². The number of likely N-dealkylation sites (tertiary alicyclic amines) is 1. The van der Waals surface area contributed by atoms with E-state index in [1.807, 2.05) is 0 Å². The maximum Gasteiger partial charge on any atom is 0.125 e. The smallest absolute Gasteiger partial charge is 0.125 e. The van der Waals surface area contributed by atoms with Crippen molar-refractivity contribution in [3.05, 3.63) is 29.6 Å². The summed E-state index contributed by atoms with van der Waals surface area (Å²) in [5.41, 5.74) is 7.44. The number of halogens is 1. The fourth-order valence-corrected chi connectivity index (χ4v) is 2.36. The highest BCUT2D eigenvalue weighted by atomic mass is 19.1. The molecule has 0 unspecified atom stereocenters. The molecule has 2 nitrogen and oxygen atoms in total. The number of nitrogen functional groups attached to an aromatic ring is 1. The van der Waals surface area contributed by atoms with E-state index in [2.05, 4.69) is 11.8 Å². The lowest BCUT2D eigenvalue weighted by molar-refractivity contribution is 0.194. The van der Waals surface area contributed by atoms with Crippen LogP contribution in [0.2, 0.25) is 0 Å². The molecule has 1 saturated heterocycles. The quantitative estimate of drug-likeness (QED) is 0.818. The Bertz CT molecular complexity index is 370. The summed E-state index contributed by atoms with van der Waals surface area (Å²) in [4.78, 5) is 2.47. The molecule has 0 atom stereocenters. The highest BCUT2D eigenvalue weighted by Gasteiger charge is 2.15. The van der Waals surface area contributed by atoms with Gasteiger partial charge in [0.15, 0.2) is 0 Å². The number of nitrogens with two attached hydrogens (primary N) is 1. The van der Waals surface area contributed by atoms with E-state index in [1.54, 1.807) is 6.07 Å². The van der Waals surface area contributed by atoms with Gasteiger partial charge >= 0.3 is 0 Å². The third-order valence-electron chi connectivity index (χ3n) is 3.68. The average Bonchev–Trinajstić information content (AvgIpc) is 2.30. The van der Waals surface area contributed by atoms with E-state index >= 15 is 0 Å². The fourth-order valence-electron chi connectivity index (χ4n) is 2.36. The number of hydrogen-bond donors (Lipinski definition) is 1. The molecule has 1 aliphatic rings. The van der Waals surface area contributed by atoms with Gasteiger partial charge < -0.3 is 10.6 Å². The van der Waals surface area contributed by atoms with Crippen LogP contribution in [0, 0.1) is 11.7 Å². The molecule has 0 radical (unpaired) electrons. The summed E-state index contributed by atoms with van der Waals surface area (Å²) >= 11 is 0. The molecule has 17 heavy (non-hydrogen) atoms. The zero-order valence-corrected chi connectivity index (χ0v) is 10.5. The zero-order valence-electron chi connectivity index (χ0n) is 10.5. The molecule has 94 valence electrons. The van der Waals surface area contributed by atoms with Gasteiger partial charge in [0, 0.05) is 12.2 Å². The SMILES string of the molecule is CC1CCN(CCc2ccc(F)cc2N)CC1. The largest absolute Gasteiger partial charge is 0.398 e. The van der Waals surface area contributed by atoms with Gasteiger partial charge in [0.2, 0.25) is 0 Å². The van der Waals surface area contributed by atoms with Gasteiger partial charge in [-0.1, -0.05) is 13.0 Å². The first-order valence-electron chi connectivity index (χ1n) is 6.41. The van der Waals surface area contributed by atoms with Crippen LogP contribution in [0.5, 0.6) is 0 Å². The Morgan fingerprint density at radius 3 is 2.71 bits per heavy atom. The Balaban J connectivity index is 1.85. The Labute approximate surface area is 103 Å². The van der Waals surface area contributed by atoms with Crippen molar-refractivity contribution in [2.24, 2.45) is 5.92 Å². The van der Waals surface area contributed by atoms with E-state index in [-0.39, 0.29) is 5.82 Å². The van der Waals surface area contributed by atoms with Crippen molar-refractivity contribution in [1.82, 2.24) is 4.90 Å². The maximum absolute atomic E-state index is 12.9. The van der Waals surface area contributed by atoms with Gasteiger partial charge in [-0.25, -0.2) is 4.39 Å². The second-order valence-electron chi connectivity index (χ2n) is 5.12. The molecule has 1 heterocycles. The molecule has 2 rings (SSSR count). The van der Waals surface area contributed by atoms with Gasteiger partial charge in [0.25, 0.3) is 0 Å². The van der Waals surface area contributed by atoms with Gasteiger partial charge in [-0.3, -0.25) is 0 Å². The highest BCUT2D eigenvalue weighted by Crippen LogP contribution is 2.18. The lowest BCUT2D eigenvalue weighted by Gasteiger charge is -2.30. The number of nitrogens with zero attached hydrogens (tertiary/aromatic N) is 1. The molecule has 2 N–H and O–H groups in total. The van der Waals surface area contributed by atoms with Crippen LogP contribution in [0.1, 0.15) is 25.3 Å². The number of anilines is 1. The third-order valence-corrected chi connectivity index (χ3v) is 3.68. The highest BCUT2D eigenvalue weighted by molar-refractivity contribution is 5.46. The molecule has 1 aromatic rings. The minimum absolute atomic E-state index is 0.252. The first kappa shape index (κ1) is 12.4. The van der Waals surface area contributed by atoms with Crippen LogP contribution in [0.15, 0.2) is 18.2 Å². The van der Waals surface area contributed by atoms with E-state index in [1.165, 1.54) is 38.1 Å². The monoisotopic (exact) mass is 236 g/mol. The summed E-state index contributed by atoms with van der Waals surface area (Å²) < 4.78 is 12.9. The van der Waals surface area contributed by atoms with Crippen LogP contribution in [0.4, 0.5) is 10.1 Å². The predicted molar refractivity (Wildman–Crippen MR) is 69.4 cm³/mol. The molecule has 0 spiro atoms. The van der Waals surface area contributed by atoms with Crippen molar-refractivity contribution in [2.75, 3.05) is 25.4 Å². The second-order valence-corrected chi connectivity index (χ2v) is 5.12. The first-order valence-corrected chi connectivity index (χ1v) is 6.41. The van der Waals surface area contributed by atoms with E-state index in [9.17, 15) is 4.39 Å². The summed E-state index contributed by atoms with van der Waals surface area (Å²) in [7, 11) is 0.